The molecule has 2 N–H and O–H groups in total. The van der Waals surface area contributed by atoms with Crippen molar-refractivity contribution >= 4 is 27.5 Å². The number of furan rings is 1. The van der Waals surface area contributed by atoms with E-state index in [2.05, 4.69) is 15.0 Å². The van der Waals surface area contributed by atoms with Crippen LogP contribution in [0.3, 0.4) is 0 Å². The van der Waals surface area contributed by atoms with Crippen molar-refractivity contribution in [3.8, 4) is 0 Å². The van der Waals surface area contributed by atoms with Gasteiger partial charge in [0.05, 0.1) is 16.8 Å². The summed E-state index contributed by atoms with van der Waals surface area (Å²) in [5.41, 5.74) is 0.764. The van der Waals surface area contributed by atoms with Crippen LogP contribution >= 0.6 is 0 Å². The second-order valence-electron chi connectivity index (χ2n) is 7.38. The second kappa shape index (κ2) is 9.23. The largest absolute Gasteiger partial charge is 0.459 e. The van der Waals surface area contributed by atoms with Crippen LogP contribution in [0.4, 0.5) is 5.69 Å². The number of nitrogens with one attached hydrogen (secondary N) is 2. The second-order valence-corrected chi connectivity index (χ2v) is 9.07. The zero-order valence-corrected chi connectivity index (χ0v) is 17.9. The molecule has 2 amide bonds. The molecule has 0 spiro atoms. The molecule has 3 aromatic rings. The minimum Gasteiger partial charge on any atom is -0.459 e. The van der Waals surface area contributed by atoms with E-state index >= 15 is 0 Å². The summed E-state index contributed by atoms with van der Waals surface area (Å²) in [7, 11) is -3.77. The normalized spacial score (nSPS) is 14.7. The van der Waals surface area contributed by atoms with Crippen LogP contribution in [0.15, 0.2) is 76.5 Å². The molecular formula is C22H22N4O5S. The fourth-order valence-corrected chi connectivity index (χ4v) is 4.53. The van der Waals surface area contributed by atoms with Crippen LogP contribution in [0, 0.1) is 0 Å². The predicted molar refractivity (Wildman–Crippen MR) is 117 cm³/mol. The van der Waals surface area contributed by atoms with Gasteiger partial charge in [-0.15, -0.1) is 0 Å². The summed E-state index contributed by atoms with van der Waals surface area (Å²) in [6.07, 6.45) is 5.69. The van der Waals surface area contributed by atoms with Crippen molar-refractivity contribution in [2.24, 2.45) is 0 Å². The Morgan fingerprint density at radius 3 is 2.31 bits per heavy atom. The Kier molecular flexibility index (Phi) is 6.22. The number of aromatic nitrogens is 1. The van der Waals surface area contributed by atoms with Crippen molar-refractivity contribution < 1.29 is 22.4 Å². The van der Waals surface area contributed by atoms with Gasteiger partial charge in [0, 0.05) is 37.1 Å². The maximum absolute atomic E-state index is 12.6. The van der Waals surface area contributed by atoms with E-state index in [4.69, 9.17) is 4.42 Å². The Morgan fingerprint density at radius 1 is 1.00 bits per heavy atom. The molecule has 0 aliphatic carbocycles. The SMILES string of the molecule is O=C(NC1CCN(C(=O)c2ccco2)CC1)c1ccc(S(=O)(=O)Nc2ccncc2)cc1. The predicted octanol–water partition coefficient (Wildman–Crippen LogP) is 2.51. The van der Waals surface area contributed by atoms with Crippen LogP contribution in [0.5, 0.6) is 0 Å². The molecule has 1 aliphatic rings. The first-order valence-corrected chi connectivity index (χ1v) is 11.6. The number of rotatable bonds is 6. The molecule has 0 saturated carbocycles. The lowest BCUT2D eigenvalue weighted by Crippen LogP contribution is -2.46. The monoisotopic (exact) mass is 454 g/mol. The number of nitrogens with zero attached hydrogens (tertiary/aromatic N) is 2. The van der Waals surface area contributed by atoms with Gasteiger partial charge >= 0.3 is 0 Å². The van der Waals surface area contributed by atoms with Crippen molar-refractivity contribution in [2.45, 2.75) is 23.8 Å². The molecular weight excluding hydrogens is 432 g/mol. The molecule has 10 heteroatoms. The van der Waals surface area contributed by atoms with Crippen LogP contribution in [0.1, 0.15) is 33.8 Å². The van der Waals surface area contributed by atoms with Gasteiger partial charge in [-0.3, -0.25) is 19.3 Å². The summed E-state index contributed by atoms with van der Waals surface area (Å²) in [5, 5.41) is 2.96. The third-order valence-electron chi connectivity index (χ3n) is 5.21. The average Bonchev–Trinajstić information content (AvgIpc) is 3.35. The maximum atomic E-state index is 12.6. The molecule has 0 radical (unpaired) electrons. The van der Waals surface area contributed by atoms with E-state index in [1.54, 1.807) is 29.2 Å². The van der Waals surface area contributed by atoms with Gasteiger partial charge in [0.15, 0.2) is 5.76 Å². The Balaban J connectivity index is 1.32. The highest BCUT2D eigenvalue weighted by molar-refractivity contribution is 7.92. The molecule has 0 unspecified atom stereocenters. The maximum Gasteiger partial charge on any atom is 0.289 e. The highest BCUT2D eigenvalue weighted by Gasteiger charge is 2.26. The zero-order valence-electron chi connectivity index (χ0n) is 17.1. The molecule has 166 valence electrons. The van der Waals surface area contributed by atoms with Gasteiger partial charge < -0.3 is 14.6 Å². The van der Waals surface area contributed by atoms with E-state index < -0.39 is 10.0 Å². The van der Waals surface area contributed by atoms with Crippen LogP contribution < -0.4 is 10.0 Å². The molecule has 2 aromatic heterocycles. The van der Waals surface area contributed by atoms with Gasteiger partial charge in [-0.05, 0) is 61.4 Å². The van der Waals surface area contributed by atoms with Crippen molar-refractivity contribution in [3.05, 3.63) is 78.5 Å². The number of carbonyl (C=O) groups excluding carboxylic acids is 2. The van der Waals surface area contributed by atoms with Gasteiger partial charge in [-0.2, -0.15) is 0 Å². The fourth-order valence-electron chi connectivity index (χ4n) is 3.47. The van der Waals surface area contributed by atoms with Gasteiger partial charge in [0.2, 0.25) is 0 Å². The highest BCUT2D eigenvalue weighted by Crippen LogP contribution is 2.18. The number of pyridine rings is 1. The van der Waals surface area contributed by atoms with Crippen LogP contribution in [0.2, 0.25) is 0 Å². The standard InChI is InChI=1S/C22H22N4O5S/c27-21(24-17-9-13-26(14-10-17)22(28)20-2-1-15-31-20)16-3-5-19(6-4-16)32(29,30)25-18-7-11-23-12-8-18/h1-8,11-12,15,17H,9-10,13-14H2,(H,23,25)(H,24,27). The summed E-state index contributed by atoms with van der Waals surface area (Å²) in [5.74, 6) is -0.134. The summed E-state index contributed by atoms with van der Waals surface area (Å²) in [4.78, 5) is 30.5. The van der Waals surface area contributed by atoms with Gasteiger partial charge in [-0.1, -0.05) is 0 Å². The van der Waals surface area contributed by atoms with Gasteiger partial charge in [0.25, 0.3) is 21.8 Å². The minimum atomic E-state index is -3.77. The molecule has 3 heterocycles. The molecule has 0 atom stereocenters. The quantitative estimate of drug-likeness (QED) is 0.590. The summed E-state index contributed by atoms with van der Waals surface area (Å²) in [6, 6.07) is 12.1. The lowest BCUT2D eigenvalue weighted by atomic mass is 10.0. The number of benzene rings is 1. The smallest absolute Gasteiger partial charge is 0.289 e. The van der Waals surface area contributed by atoms with E-state index in [1.807, 2.05) is 0 Å². The van der Waals surface area contributed by atoms with Crippen molar-refractivity contribution in [3.63, 3.8) is 0 Å². The summed E-state index contributed by atoms with van der Waals surface area (Å²) < 4.78 is 32.6. The van der Waals surface area contributed by atoms with Crippen LogP contribution in [-0.2, 0) is 10.0 Å². The van der Waals surface area contributed by atoms with E-state index in [0.717, 1.165) is 0 Å². The highest BCUT2D eigenvalue weighted by atomic mass is 32.2. The Labute approximate surface area is 185 Å². The number of hydrogen-bond donors (Lipinski definition) is 2. The van der Waals surface area contributed by atoms with Crippen molar-refractivity contribution in [2.75, 3.05) is 17.8 Å². The number of hydrogen-bond acceptors (Lipinski definition) is 6. The number of sulfonamides is 1. The first kappa shape index (κ1) is 21.6. The zero-order chi connectivity index (χ0) is 22.6. The molecule has 32 heavy (non-hydrogen) atoms. The fraction of sp³-hybridized carbons (Fsp3) is 0.227. The van der Waals surface area contributed by atoms with E-state index in [9.17, 15) is 18.0 Å². The van der Waals surface area contributed by atoms with Gasteiger partial charge in [-0.25, -0.2) is 8.42 Å². The van der Waals surface area contributed by atoms with E-state index in [0.29, 0.717) is 42.9 Å². The first-order chi connectivity index (χ1) is 15.4. The third kappa shape index (κ3) is 4.97. The minimum absolute atomic E-state index is 0.0515. The number of carbonyl (C=O) groups is 2. The number of anilines is 1. The third-order valence-corrected chi connectivity index (χ3v) is 6.61. The van der Waals surface area contributed by atoms with Crippen LogP contribution in [0.25, 0.3) is 0 Å². The topological polar surface area (TPSA) is 122 Å². The Morgan fingerprint density at radius 2 is 1.69 bits per heavy atom. The lowest BCUT2D eigenvalue weighted by Gasteiger charge is -2.31. The lowest BCUT2D eigenvalue weighted by molar-refractivity contribution is 0.0667. The Hall–Kier alpha value is -3.66. The van der Waals surface area contributed by atoms with E-state index in [1.165, 1.54) is 42.9 Å². The first-order valence-electron chi connectivity index (χ1n) is 10.1. The van der Waals surface area contributed by atoms with Crippen molar-refractivity contribution in [1.29, 1.82) is 0 Å². The molecule has 1 aromatic carbocycles. The number of amides is 2. The van der Waals surface area contributed by atoms with Gasteiger partial charge in [0.1, 0.15) is 0 Å². The van der Waals surface area contributed by atoms with E-state index in [-0.39, 0.29) is 22.8 Å². The molecule has 1 aliphatic heterocycles. The molecule has 9 nitrogen and oxygen atoms in total. The molecule has 1 saturated heterocycles. The average molecular weight is 455 g/mol. The number of likely N-dealkylation sites (tertiary alicyclic amines) is 1. The van der Waals surface area contributed by atoms with Crippen molar-refractivity contribution in [1.82, 2.24) is 15.2 Å². The molecule has 0 bridgehead atoms. The Bertz CT molecular complexity index is 1170. The molecule has 1 fully saturated rings. The summed E-state index contributed by atoms with van der Waals surface area (Å²) in [6.45, 7) is 1.03. The number of piperidine rings is 1. The summed E-state index contributed by atoms with van der Waals surface area (Å²) >= 11 is 0. The van der Waals surface area contributed by atoms with Crippen LogP contribution in [-0.4, -0.2) is 49.2 Å². The molecule has 4 rings (SSSR count).